The molecule has 2 N–H and O–H groups in total. The number of hydrogen-bond acceptors (Lipinski definition) is 4. The zero-order valence-corrected chi connectivity index (χ0v) is 16.0. The quantitative estimate of drug-likeness (QED) is 0.389. The molecule has 0 fully saturated rings. The topological polar surface area (TPSA) is 48.9 Å². The molecule has 0 saturated heterocycles. The van der Waals surface area contributed by atoms with E-state index in [-0.39, 0.29) is 5.41 Å². The number of nitrogens with zero attached hydrogens (tertiary/aromatic N) is 2. The smallest absolute Gasteiger partial charge is 0.191 e. The molecule has 0 radical (unpaired) electrons. The van der Waals surface area contributed by atoms with E-state index >= 15 is 0 Å². The van der Waals surface area contributed by atoms with E-state index in [9.17, 15) is 0 Å². The van der Waals surface area contributed by atoms with Gasteiger partial charge in [-0.05, 0) is 31.5 Å². The van der Waals surface area contributed by atoms with Gasteiger partial charge in [-0.25, -0.2) is 0 Å². The van der Waals surface area contributed by atoms with Crippen molar-refractivity contribution >= 4 is 17.3 Å². The lowest BCUT2D eigenvalue weighted by Gasteiger charge is -2.25. The third-order valence-corrected chi connectivity index (χ3v) is 5.03. The van der Waals surface area contributed by atoms with Crippen molar-refractivity contribution in [3.63, 3.8) is 0 Å². The number of thiophene rings is 1. The van der Waals surface area contributed by atoms with Gasteiger partial charge in [0.15, 0.2) is 5.96 Å². The van der Waals surface area contributed by atoms with Crippen LogP contribution in [0.5, 0.6) is 0 Å². The molecule has 0 amide bonds. The maximum atomic E-state index is 5.08. The van der Waals surface area contributed by atoms with Crippen molar-refractivity contribution in [1.82, 2.24) is 15.5 Å². The molecule has 0 bridgehead atoms. The highest BCUT2D eigenvalue weighted by atomic mass is 32.1. The first kappa shape index (κ1) is 19.9. The molecule has 1 aromatic rings. The summed E-state index contributed by atoms with van der Waals surface area (Å²) >= 11 is 1.80. The SMILES string of the molecule is CN=C(NCCCN(C)CCOC)NCC(C)(C)c1cccs1. The molecule has 1 aromatic heterocycles. The summed E-state index contributed by atoms with van der Waals surface area (Å²) in [4.78, 5) is 7.97. The Morgan fingerprint density at radius 3 is 2.74 bits per heavy atom. The van der Waals surface area contributed by atoms with Gasteiger partial charge in [0.25, 0.3) is 0 Å². The van der Waals surface area contributed by atoms with Gasteiger partial charge in [0.05, 0.1) is 6.61 Å². The number of hydrogen-bond donors (Lipinski definition) is 2. The fourth-order valence-electron chi connectivity index (χ4n) is 2.19. The number of ether oxygens (including phenoxy) is 1. The number of aliphatic imine (C=N–C) groups is 1. The molecular weight excluding hydrogens is 308 g/mol. The highest BCUT2D eigenvalue weighted by Crippen LogP contribution is 2.26. The zero-order chi connectivity index (χ0) is 17.1. The van der Waals surface area contributed by atoms with Gasteiger partial charge in [0.2, 0.25) is 0 Å². The third-order valence-electron chi connectivity index (χ3n) is 3.80. The van der Waals surface area contributed by atoms with Crippen molar-refractivity contribution in [1.29, 1.82) is 0 Å². The van der Waals surface area contributed by atoms with Crippen molar-refractivity contribution in [3.05, 3.63) is 22.4 Å². The first-order chi connectivity index (χ1) is 11.0. The molecule has 1 heterocycles. The molecule has 0 aliphatic carbocycles. The van der Waals surface area contributed by atoms with Crippen LogP contribution in [0.15, 0.2) is 22.5 Å². The fourth-order valence-corrected chi connectivity index (χ4v) is 3.04. The van der Waals surface area contributed by atoms with Gasteiger partial charge in [-0.3, -0.25) is 4.99 Å². The molecule has 0 spiro atoms. The molecule has 0 aliphatic rings. The maximum absolute atomic E-state index is 5.08. The van der Waals surface area contributed by atoms with Crippen molar-refractivity contribution in [2.75, 3.05) is 54.0 Å². The van der Waals surface area contributed by atoms with E-state index in [0.717, 1.165) is 45.2 Å². The minimum absolute atomic E-state index is 0.103. The van der Waals surface area contributed by atoms with E-state index in [0.29, 0.717) is 0 Å². The maximum Gasteiger partial charge on any atom is 0.191 e. The second kappa shape index (κ2) is 10.6. The summed E-state index contributed by atoms with van der Waals surface area (Å²) < 4.78 is 5.08. The van der Waals surface area contributed by atoms with Crippen LogP contribution in [0.1, 0.15) is 25.1 Å². The second-order valence-corrected chi connectivity index (χ2v) is 7.31. The van der Waals surface area contributed by atoms with Gasteiger partial charge in [-0.1, -0.05) is 19.9 Å². The third kappa shape index (κ3) is 7.81. The minimum atomic E-state index is 0.103. The lowest BCUT2D eigenvalue weighted by molar-refractivity contribution is 0.161. The predicted octanol–water partition coefficient (Wildman–Crippen LogP) is 2.16. The Kier molecular flexibility index (Phi) is 9.21. The number of methoxy groups -OCH3 is 1. The Balaban J connectivity index is 2.25. The molecule has 132 valence electrons. The number of guanidine groups is 1. The Hall–Kier alpha value is -1.11. The number of likely N-dealkylation sites (N-methyl/N-ethyl adjacent to an activating group) is 1. The van der Waals surface area contributed by atoms with Crippen molar-refractivity contribution < 1.29 is 4.74 Å². The van der Waals surface area contributed by atoms with Crippen LogP contribution in [0.25, 0.3) is 0 Å². The fraction of sp³-hybridized carbons (Fsp3) is 0.706. The summed E-state index contributed by atoms with van der Waals surface area (Å²) in [5.74, 6) is 0.870. The second-order valence-electron chi connectivity index (χ2n) is 6.36. The minimum Gasteiger partial charge on any atom is -0.383 e. The lowest BCUT2D eigenvalue weighted by atomic mass is 9.91. The number of rotatable bonds is 10. The average molecular weight is 341 g/mol. The van der Waals surface area contributed by atoms with Crippen LogP contribution in [0.3, 0.4) is 0 Å². The first-order valence-corrected chi connectivity index (χ1v) is 9.03. The van der Waals surface area contributed by atoms with Crippen LogP contribution in [0.2, 0.25) is 0 Å². The summed E-state index contributed by atoms with van der Waals surface area (Å²) in [5.41, 5.74) is 0.103. The van der Waals surface area contributed by atoms with E-state index in [1.54, 1.807) is 18.4 Å². The highest BCUT2D eigenvalue weighted by Gasteiger charge is 2.21. The van der Waals surface area contributed by atoms with E-state index < -0.39 is 0 Å². The monoisotopic (exact) mass is 340 g/mol. The van der Waals surface area contributed by atoms with Gasteiger partial charge >= 0.3 is 0 Å². The van der Waals surface area contributed by atoms with Crippen LogP contribution >= 0.6 is 11.3 Å². The molecule has 0 unspecified atom stereocenters. The van der Waals surface area contributed by atoms with Crippen LogP contribution in [0, 0.1) is 0 Å². The Labute approximate surface area is 145 Å². The standard InChI is InChI=1S/C17H32N4OS/c1-17(2,15-8-6-13-23-15)14-20-16(18-3)19-9-7-10-21(4)11-12-22-5/h6,8,13H,7,9-12,14H2,1-5H3,(H2,18,19,20). The van der Waals surface area contributed by atoms with Gasteiger partial charge in [-0.2, -0.15) is 0 Å². The van der Waals surface area contributed by atoms with Gasteiger partial charge < -0.3 is 20.3 Å². The van der Waals surface area contributed by atoms with E-state index in [1.165, 1.54) is 4.88 Å². The average Bonchev–Trinajstić information content (AvgIpc) is 3.07. The molecule has 6 heteroatoms. The molecule has 5 nitrogen and oxygen atoms in total. The van der Waals surface area contributed by atoms with Gasteiger partial charge in [0.1, 0.15) is 0 Å². The first-order valence-electron chi connectivity index (χ1n) is 8.15. The Bertz CT molecular complexity index is 445. The molecular formula is C17H32N4OS. The number of nitrogens with one attached hydrogen (secondary N) is 2. The van der Waals surface area contributed by atoms with Gasteiger partial charge in [0, 0.05) is 44.1 Å². The summed E-state index contributed by atoms with van der Waals surface area (Å²) in [5, 5.41) is 8.94. The highest BCUT2D eigenvalue weighted by molar-refractivity contribution is 7.10. The van der Waals surface area contributed by atoms with E-state index in [1.807, 2.05) is 7.05 Å². The Morgan fingerprint density at radius 1 is 1.35 bits per heavy atom. The Morgan fingerprint density at radius 2 is 2.13 bits per heavy atom. The zero-order valence-electron chi connectivity index (χ0n) is 15.2. The van der Waals surface area contributed by atoms with Crippen LogP contribution in [0.4, 0.5) is 0 Å². The van der Waals surface area contributed by atoms with Crippen LogP contribution in [-0.2, 0) is 10.2 Å². The molecule has 0 aromatic carbocycles. The van der Waals surface area contributed by atoms with Crippen LogP contribution in [-0.4, -0.2) is 64.9 Å². The lowest BCUT2D eigenvalue weighted by Crippen LogP contribution is -2.43. The molecule has 0 aliphatic heterocycles. The summed E-state index contributed by atoms with van der Waals surface area (Å²) in [6.45, 7) is 9.09. The summed E-state index contributed by atoms with van der Waals surface area (Å²) in [7, 11) is 5.68. The van der Waals surface area contributed by atoms with Gasteiger partial charge in [-0.15, -0.1) is 11.3 Å². The summed E-state index contributed by atoms with van der Waals surface area (Å²) in [6.07, 6.45) is 1.08. The van der Waals surface area contributed by atoms with E-state index in [2.05, 4.69) is 58.9 Å². The molecule has 0 saturated carbocycles. The predicted molar refractivity (Wildman–Crippen MR) is 101 cm³/mol. The van der Waals surface area contributed by atoms with Crippen molar-refractivity contribution in [2.24, 2.45) is 4.99 Å². The summed E-state index contributed by atoms with van der Waals surface area (Å²) in [6, 6.07) is 4.30. The molecule has 1 rings (SSSR count). The van der Waals surface area contributed by atoms with Crippen LogP contribution < -0.4 is 10.6 Å². The largest absolute Gasteiger partial charge is 0.383 e. The normalized spacial score (nSPS) is 12.7. The van der Waals surface area contributed by atoms with Crippen molar-refractivity contribution in [3.8, 4) is 0 Å². The van der Waals surface area contributed by atoms with E-state index in [4.69, 9.17) is 4.74 Å². The van der Waals surface area contributed by atoms with Crippen molar-refractivity contribution in [2.45, 2.75) is 25.7 Å². The molecule has 23 heavy (non-hydrogen) atoms. The molecule has 0 atom stereocenters.